The Kier molecular flexibility index (Phi) is 4.63. The highest BCUT2D eigenvalue weighted by Crippen LogP contribution is 2.26. The van der Waals surface area contributed by atoms with E-state index in [0.29, 0.717) is 18.8 Å². The number of ether oxygens (including phenoxy) is 1. The summed E-state index contributed by atoms with van der Waals surface area (Å²) in [7, 11) is 1.50. The van der Waals surface area contributed by atoms with Crippen molar-refractivity contribution in [2.24, 2.45) is 5.73 Å². The number of methoxy groups -OCH3 is 1. The lowest BCUT2D eigenvalue weighted by molar-refractivity contribution is -0.126. The van der Waals surface area contributed by atoms with E-state index < -0.39 is 0 Å². The van der Waals surface area contributed by atoms with Crippen LogP contribution in [0.4, 0.5) is 0 Å². The SMILES string of the molecule is COc1ccc(C=CC(=O)N2CCC(N)CC2)cc1O. The molecule has 0 spiro atoms. The van der Waals surface area contributed by atoms with Gasteiger partial charge in [0.15, 0.2) is 11.5 Å². The first-order valence-electron chi connectivity index (χ1n) is 6.69. The molecular formula is C15H20N2O3. The van der Waals surface area contributed by atoms with Crippen LogP contribution in [0.15, 0.2) is 24.3 Å². The molecule has 1 amide bonds. The van der Waals surface area contributed by atoms with Gasteiger partial charge in [0.05, 0.1) is 7.11 Å². The summed E-state index contributed by atoms with van der Waals surface area (Å²) in [6.45, 7) is 1.41. The van der Waals surface area contributed by atoms with E-state index >= 15 is 0 Å². The fraction of sp³-hybridized carbons (Fsp3) is 0.400. The predicted molar refractivity (Wildman–Crippen MR) is 77.5 cm³/mol. The van der Waals surface area contributed by atoms with Crippen molar-refractivity contribution < 1.29 is 14.6 Å². The van der Waals surface area contributed by atoms with E-state index in [1.807, 2.05) is 0 Å². The first-order chi connectivity index (χ1) is 9.60. The minimum Gasteiger partial charge on any atom is -0.504 e. The number of carbonyl (C=O) groups excluding carboxylic acids is 1. The summed E-state index contributed by atoms with van der Waals surface area (Å²) in [4.78, 5) is 13.8. The molecule has 0 aromatic heterocycles. The van der Waals surface area contributed by atoms with Crippen molar-refractivity contribution in [3.05, 3.63) is 29.8 Å². The van der Waals surface area contributed by atoms with E-state index in [4.69, 9.17) is 10.5 Å². The molecule has 2 rings (SSSR count). The Morgan fingerprint density at radius 3 is 2.75 bits per heavy atom. The van der Waals surface area contributed by atoms with E-state index in [2.05, 4.69) is 0 Å². The molecule has 0 aliphatic carbocycles. The second-order valence-electron chi connectivity index (χ2n) is 4.93. The van der Waals surface area contributed by atoms with Crippen LogP contribution in [-0.4, -0.2) is 42.2 Å². The second-order valence-corrected chi connectivity index (χ2v) is 4.93. The molecule has 0 atom stereocenters. The number of hydrogen-bond acceptors (Lipinski definition) is 4. The van der Waals surface area contributed by atoms with Crippen LogP contribution in [0.3, 0.4) is 0 Å². The Bertz CT molecular complexity index is 506. The lowest BCUT2D eigenvalue weighted by atomic mass is 10.1. The topological polar surface area (TPSA) is 75.8 Å². The van der Waals surface area contributed by atoms with Gasteiger partial charge in [0.2, 0.25) is 5.91 Å². The van der Waals surface area contributed by atoms with Gasteiger partial charge >= 0.3 is 0 Å². The number of aromatic hydroxyl groups is 1. The molecule has 1 aromatic rings. The van der Waals surface area contributed by atoms with E-state index in [9.17, 15) is 9.90 Å². The summed E-state index contributed by atoms with van der Waals surface area (Å²) in [6.07, 6.45) is 4.92. The number of phenolic OH excluding ortho intramolecular Hbond substituents is 1. The standard InChI is InChI=1S/C15H20N2O3/c1-20-14-4-2-11(10-13(14)18)3-5-15(19)17-8-6-12(16)7-9-17/h2-5,10,12,18H,6-9,16H2,1H3. The van der Waals surface area contributed by atoms with Gasteiger partial charge in [-0.25, -0.2) is 0 Å². The van der Waals surface area contributed by atoms with Crippen LogP contribution in [0.25, 0.3) is 6.08 Å². The Hall–Kier alpha value is -2.01. The molecule has 108 valence electrons. The number of carbonyl (C=O) groups is 1. The first kappa shape index (κ1) is 14.4. The molecule has 0 radical (unpaired) electrons. The highest BCUT2D eigenvalue weighted by Gasteiger charge is 2.18. The number of piperidine rings is 1. The van der Waals surface area contributed by atoms with Crippen molar-refractivity contribution in [1.29, 1.82) is 0 Å². The van der Waals surface area contributed by atoms with Crippen LogP contribution in [-0.2, 0) is 4.79 Å². The minimum absolute atomic E-state index is 0.0211. The molecule has 1 heterocycles. The van der Waals surface area contributed by atoms with Gasteiger partial charge in [-0.15, -0.1) is 0 Å². The summed E-state index contributed by atoms with van der Waals surface area (Å²) in [6, 6.07) is 5.23. The van der Waals surface area contributed by atoms with E-state index in [1.165, 1.54) is 13.2 Å². The van der Waals surface area contributed by atoms with Gasteiger partial charge in [-0.2, -0.15) is 0 Å². The molecule has 20 heavy (non-hydrogen) atoms. The summed E-state index contributed by atoms with van der Waals surface area (Å²) in [5.74, 6) is 0.455. The average Bonchev–Trinajstić information content (AvgIpc) is 2.45. The number of likely N-dealkylation sites (tertiary alicyclic amines) is 1. The summed E-state index contributed by atoms with van der Waals surface area (Å²) >= 11 is 0. The molecule has 0 bridgehead atoms. The molecule has 1 aliphatic heterocycles. The Morgan fingerprint density at radius 2 is 2.15 bits per heavy atom. The number of amides is 1. The van der Waals surface area contributed by atoms with Crippen LogP contribution in [0.2, 0.25) is 0 Å². The summed E-state index contributed by atoms with van der Waals surface area (Å²) in [5.41, 5.74) is 6.57. The maximum atomic E-state index is 12.0. The van der Waals surface area contributed by atoms with Crippen molar-refractivity contribution in [3.8, 4) is 11.5 Å². The van der Waals surface area contributed by atoms with Crippen LogP contribution in [0, 0.1) is 0 Å². The highest BCUT2D eigenvalue weighted by molar-refractivity contribution is 5.91. The van der Waals surface area contributed by atoms with Crippen LogP contribution in [0.5, 0.6) is 11.5 Å². The number of benzene rings is 1. The molecule has 3 N–H and O–H groups in total. The number of nitrogens with zero attached hydrogens (tertiary/aromatic N) is 1. The second kappa shape index (κ2) is 6.43. The molecule has 1 saturated heterocycles. The monoisotopic (exact) mass is 276 g/mol. The van der Waals surface area contributed by atoms with Crippen LogP contribution in [0.1, 0.15) is 18.4 Å². The molecule has 5 heteroatoms. The minimum atomic E-state index is -0.0211. The lowest BCUT2D eigenvalue weighted by Crippen LogP contribution is -2.42. The fourth-order valence-electron chi connectivity index (χ4n) is 2.20. The highest BCUT2D eigenvalue weighted by atomic mass is 16.5. The molecule has 1 fully saturated rings. The average molecular weight is 276 g/mol. The Morgan fingerprint density at radius 1 is 1.45 bits per heavy atom. The van der Waals surface area contributed by atoms with Gasteiger partial charge in [-0.05, 0) is 36.6 Å². The lowest BCUT2D eigenvalue weighted by Gasteiger charge is -2.29. The van der Waals surface area contributed by atoms with Gasteiger partial charge in [0, 0.05) is 25.2 Å². The van der Waals surface area contributed by atoms with E-state index in [-0.39, 0.29) is 17.7 Å². The predicted octanol–water partition coefficient (Wildman–Crippen LogP) is 1.36. The van der Waals surface area contributed by atoms with Crippen molar-refractivity contribution in [3.63, 3.8) is 0 Å². The number of phenols is 1. The maximum Gasteiger partial charge on any atom is 0.246 e. The normalized spacial score (nSPS) is 16.6. The summed E-state index contributed by atoms with van der Waals surface area (Å²) < 4.78 is 4.97. The molecule has 1 aromatic carbocycles. The van der Waals surface area contributed by atoms with Crippen molar-refractivity contribution in [2.45, 2.75) is 18.9 Å². The third-order valence-electron chi connectivity index (χ3n) is 3.47. The Labute approximate surface area is 118 Å². The van der Waals surface area contributed by atoms with Crippen molar-refractivity contribution in [1.82, 2.24) is 4.90 Å². The molecule has 0 saturated carbocycles. The zero-order chi connectivity index (χ0) is 14.5. The number of hydrogen-bond donors (Lipinski definition) is 2. The molecule has 1 aliphatic rings. The molecular weight excluding hydrogens is 256 g/mol. The van der Waals surface area contributed by atoms with Gasteiger partial charge in [-0.1, -0.05) is 6.07 Å². The third kappa shape index (κ3) is 3.51. The fourth-order valence-corrected chi connectivity index (χ4v) is 2.20. The largest absolute Gasteiger partial charge is 0.504 e. The van der Waals surface area contributed by atoms with Gasteiger partial charge in [0.1, 0.15) is 0 Å². The third-order valence-corrected chi connectivity index (χ3v) is 3.47. The number of rotatable bonds is 3. The van der Waals surface area contributed by atoms with Crippen LogP contribution < -0.4 is 10.5 Å². The zero-order valence-electron chi connectivity index (χ0n) is 11.6. The number of nitrogens with two attached hydrogens (primary N) is 1. The van der Waals surface area contributed by atoms with E-state index in [0.717, 1.165) is 18.4 Å². The van der Waals surface area contributed by atoms with Gasteiger partial charge < -0.3 is 20.5 Å². The van der Waals surface area contributed by atoms with Crippen molar-refractivity contribution in [2.75, 3.05) is 20.2 Å². The smallest absolute Gasteiger partial charge is 0.246 e. The van der Waals surface area contributed by atoms with Crippen LogP contribution >= 0.6 is 0 Å². The van der Waals surface area contributed by atoms with Crippen molar-refractivity contribution >= 4 is 12.0 Å². The summed E-state index contributed by atoms with van der Waals surface area (Å²) in [5, 5.41) is 9.67. The first-order valence-corrected chi connectivity index (χ1v) is 6.69. The van der Waals surface area contributed by atoms with Gasteiger partial charge in [-0.3, -0.25) is 4.79 Å². The van der Waals surface area contributed by atoms with Gasteiger partial charge in [0.25, 0.3) is 0 Å². The Balaban J connectivity index is 1.98. The van der Waals surface area contributed by atoms with E-state index in [1.54, 1.807) is 29.2 Å². The zero-order valence-corrected chi connectivity index (χ0v) is 11.6. The molecule has 0 unspecified atom stereocenters. The maximum absolute atomic E-state index is 12.0. The molecule has 5 nitrogen and oxygen atoms in total. The quantitative estimate of drug-likeness (QED) is 0.817.